The predicted molar refractivity (Wildman–Crippen MR) is 80.1 cm³/mol. The number of nitrogens with zero attached hydrogens (tertiary/aromatic N) is 1. The highest BCUT2D eigenvalue weighted by Crippen LogP contribution is 2.33. The summed E-state index contributed by atoms with van der Waals surface area (Å²) in [5, 5.41) is 4.78. The Balaban J connectivity index is 2.32. The van der Waals surface area contributed by atoms with Gasteiger partial charge in [0.15, 0.2) is 0 Å². The zero-order valence-electron chi connectivity index (χ0n) is 12.1. The molecule has 3 nitrogen and oxygen atoms in total. The summed E-state index contributed by atoms with van der Waals surface area (Å²) in [5.74, 6) is 0. The lowest BCUT2D eigenvalue weighted by atomic mass is 10.0. The molecule has 0 saturated carbocycles. The molecule has 0 saturated heterocycles. The fraction of sp³-hybridized carbons (Fsp3) is 0.500. The molecule has 1 aliphatic heterocycles. The van der Waals surface area contributed by atoms with Gasteiger partial charge in [-0.15, -0.1) is 0 Å². The van der Waals surface area contributed by atoms with Gasteiger partial charge in [0.25, 0.3) is 0 Å². The van der Waals surface area contributed by atoms with E-state index in [0.29, 0.717) is 0 Å². The molecule has 1 atom stereocenters. The van der Waals surface area contributed by atoms with Crippen molar-refractivity contribution >= 4 is 10.9 Å². The maximum Gasteiger partial charge on any atom is 0.0489 e. The van der Waals surface area contributed by atoms with Gasteiger partial charge in [-0.25, -0.2) is 0 Å². The lowest BCUT2D eigenvalue weighted by Crippen LogP contribution is -2.07. The summed E-state index contributed by atoms with van der Waals surface area (Å²) in [7, 11) is 0. The van der Waals surface area contributed by atoms with E-state index in [2.05, 4.69) is 42.8 Å². The summed E-state index contributed by atoms with van der Waals surface area (Å²) >= 11 is 0. The van der Waals surface area contributed by atoms with Crippen molar-refractivity contribution in [3.8, 4) is 0 Å². The second kappa shape index (κ2) is 4.66. The number of hydrogen-bond donors (Lipinski definition) is 2. The number of benzene rings is 1. The fourth-order valence-electron chi connectivity index (χ4n) is 3.38. The molecule has 1 aliphatic rings. The Morgan fingerprint density at radius 3 is 2.63 bits per heavy atom. The van der Waals surface area contributed by atoms with E-state index in [1.165, 1.54) is 33.3 Å². The molecule has 1 aromatic carbocycles. The molecule has 0 bridgehead atoms. The van der Waals surface area contributed by atoms with Crippen LogP contribution in [0.1, 0.15) is 48.7 Å². The Morgan fingerprint density at radius 2 is 2.00 bits per heavy atom. The van der Waals surface area contributed by atoms with E-state index in [4.69, 9.17) is 5.73 Å². The molecule has 1 aromatic heterocycles. The second-order valence-electron chi connectivity index (χ2n) is 5.68. The molecule has 0 fully saturated rings. The Bertz CT molecular complexity index is 623. The van der Waals surface area contributed by atoms with Crippen molar-refractivity contribution in [2.45, 2.75) is 52.9 Å². The van der Waals surface area contributed by atoms with E-state index in [-0.39, 0.29) is 6.04 Å². The van der Waals surface area contributed by atoms with Crippen molar-refractivity contribution in [3.63, 3.8) is 0 Å². The van der Waals surface area contributed by atoms with Gasteiger partial charge in [-0.1, -0.05) is 6.92 Å². The van der Waals surface area contributed by atoms with Crippen LogP contribution in [0.2, 0.25) is 0 Å². The van der Waals surface area contributed by atoms with Gasteiger partial charge in [0.2, 0.25) is 0 Å². The molecule has 3 rings (SSSR count). The molecule has 2 aromatic rings. The molecule has 19 heavy (non-hydrogen) atoms. The SMILES string of the molecule is CCCn1c(C)c(C(C)N)c2cc3c(cc21)CNC3. The van der Waals surface area contributed by atoms with Crippen LogP contribution in [0.3, 0.4) is 0 Å². The van der Waals surface area contributed by atoms with Crippen LogP contribution >= 0.6 is 0 Å². The number of aromatic nitrogens is 1. The Morgan fingerprint density at radius 1 is 1.32 bits per heavy atom. The molecule has 0 radical (unpaired) electrons. The summed E-state index contributed by atoms with van der Waals surface area (Å²) in [6, 6.07) is 4.80. The van der Waals surface area contributed by atoms with Crippen LogP contribution in [0.4, 0.5) is 0 Å². The highest BCUT2D eigenvalue weighted by Gasteiger charge is 2.20. The highest BCUT2D eigenvalue weighted by atomic mass is 15.0. The molecular formula is C16H23N3. The maximum atomic E-state index is 6.21. The summed E-state index contributed by atoms with van der Waals surface area (Å²) < 4.78 is 2.44. The lowest BCUT2D eigenvalue weighted by Gasteiger charge is -2.08. The van der Waals surface area contributed by atoms with Crippen LogP contribution < -0.4 is 11.1 Å². The van der Waals surface area contributed by atoms with Crippen LogP contribution in [0, 0.1) is 6.92 Å². The first-order valence-corrected chi connectivity index (χ1v) is 7.24. The Labute approximate surface area is 114 Å². The van der Waals surface area contributed by atoms with Crippen LogP contribution in [-0.4, -0.2) is 4.57 Å². The zero-order valence-corrected chi connectivity index (χ0v) is 12.1. The largest absolute Gasteiger partial charge is 0.345 e. The maximum absolute atomic E-state index is 6.21. The Kier molecular flexibility index (Phi) is 3.11. The van der Waals surface area contributed by atoms with Gasteiger partial charge in [-0.3, -0.25) is 0 Å². The number of nitrogens with one attached hydrogen (secondary N) is 1. The van der Waals surface area contributed by atoms with Crippen molar-refractivity contribution in [2.24, 2.45) is 5.73 Å². The number of aryl methyl sites for hydroxylation is 1. The van der Waals surface area contributed by atoms with Crippen molar-refractivity contribution in [1.29, 1.82) is 0 Å². The van der Waals surface area contributed by atoms with Crippen LogP contribution in [0.25, 0.3) is 10.9 Å². The van der Waals surface area contributed by atoms with E-state index >= 15 is 0 Å². The standard InChI is InChI=1S/C16H23N3/c1-4-5-19-11(3)16(10(2)17)14-6-12-8-18-9-13(12)7-15(14)19/h6-7,10,18H,4-5,8-9,17H2,1-3H3. The Hall–Kier alpha value is -1.32. The third-order valence-electron chi connectivity index (χ3n) is 4.23. The molecule has 0 aliphatic carbocycles. The average molecular weight is 257 g/mol. The number of hydrogen-bond acceptors (Lipinski definition) is 2. The van der Waals surface area contributed by atoms with Crippen molar-refractivity contribution in [2.75, 3.05) is 0 Å². The first-order chi connectivity index (χ1) is 9.13. The number of fused-ring (bicyclic) bond motifs is 2. The molecule has 0 amide bonds. The van der Waals surface area contributed by atoms with Gasteiger partial charge in [0, 0.05) is 42.3 Å². The van der Waals surface area contributed by atoms with E-state index < -0.39 is 0 Å². The number of rotatable bonds is 3. The third-order valence-corrected chi connectivity index (χ3v) is 4.23. The van der Waals surface area contributed by atoms with Gasteiger partial charge >= 0.3 is 0 Å². The average Bonchev–Trinajstić information content (AvgIpc) is 2.90. The summed E-state index contributed by atoms with van der Waals surface area (Å²) in [6.45, 7) is 9.57. The van der Waals surface area contributed by atoms with E-state index in [1.807, 2.05) is 0 Å². The van der Waals surface area contributed by atoms with Gasteiger partial charge in [-0.2, -0.15) is 0 Å². The normalized spacial score (nSPS) is 16.0. The topological polar surface area (TPSA) is 43.0 Å². The molecule has 3 heteroatoms. The summed E-state index contributed by atoms with van der Waals surface area (Å²) in [6.07, 6.45) is 1.15. The van der Waals surface area contributed by atoms with E-state index in [0.717, 1.165) is 26.1 Å². The molecule has 3 N–H and O–H groups in total. The van der Waals surface area contributed by atoms with Crippen LogP contribution in [0.5, 0.6) is 0 Å². The minimum Gasteiger partial charge on any atom is -0.345 e. The van der Waals surface area contributed by atoms with Crippen molar-refractivity contribution < 1.29 is 0 Å². The van der Waals surface area contributed by atoms with Gasteiger partial charge in [0.1, 0.15) is 0 Å². The van der Waals surface area contributed by atoms with Crippen molar-refractivity contribution in [1.82, 2.24) is 9.88 Å². The summed E-state index contributed by atoms with van der Waals surface area (Å²) in [4.78, 5) is 0. The molecule has 0 spiro atoms. The van der Waals surface area contributed by atoms with Crippen LogP contribution in [-0.2, 0) is 19.6 Å². The highest BCUT2D eigenvalue weighted by molar-refractivity contribution is 5.87. The quantitative estimate of drug-likeness (QED) is 0.887. The smallest absolute Gasteiger partial charge is 0.0489 e. The first-order valence-electron chi connectivity index (χ1n) is 7.24. The van der Waals surface area contributed by atoms with Gasteiger partial charge < -0.3 is 15.6 Å². The van der Waals surface area contributed by atoms with E-state index in [9.17, 15) is 0 Å². The van der Waals surface area contributed by atoms with Gasteiger partial charge in [-0.05, 0) is 49.1 Å². The zero-order chi connectivity index (χ0) is 13.6. The molecule has 2 heterocycles. The van der Waals surface area contributed by atoms with Crippen LogP contribution in [0.15, 0.2) is 12.1 Å². The minimum absolute atomic E-state index is 0.0908. The van der Waals surface area contributed by atoms with Gasteiger partial charge in [0.05, 0.1) is 0 Å². The number of nitrogens with two attached hydrogens (primary N) is 1. The monoisotopic (exact) mass is 257 g/mol. The molecule has 1 unspecified atom stereocenters. The molecule has 102 valence electrons. The minimum atomic E-state index is 0.0908. The fourth-order valence-corrected chi connectivity index (χ4v) is 3.38. The predicted octanol–water partition coefficient (Wildman–Crippen LogP) is 2.98. The summed E-state index contributed by atoms with van der Waals surface area (Å²) in [5.41, 5.74) is 13.1. The first kappa shape index (κ1) is 12.7. The van der Waals surface area contributed by atoms with Crippen molar-refractivity contribution in [3.05, 3.63) is 34.5 Å². The third kappa shape index (κ3) is 1.88. The molecular weight excluding hydrogens is 234 g/mol. The lowest BCUT2D eigenvalue weighted by molar-refractivity contribution is 0.674. The van der Waals surface area contributed by atoms with E-state index in [1.54, 1.807) is 0 Å². The second-order valence-corrected chi connectivity index (χ2v) is 5.68.